The Morgan fingerprint density at radius 3 is 2.29 bits per heavy atom. The van der Waals surface area contributed by atoms with Gasteiger partial charge in [0.25, 0.3) is 5.91 Å². The number of aromatic amines is 2. The van der Waals surface area contributed by atoms with E-state index in [-0.39, 0.29) is 27.0 Å². The third kappa shape index (κ3) is 5.88. The molecule has 0 aliphatic rings. The third-order valence-electron chi connectivity index (χ3n) is 7.69. The molecule has 3 rings (SSSR count). The quantitative estimate of drug-likeness (QED) is 0.175. The van der Waals surface area contributed by atoms with Gasteiger partial charge in [0.1, 0.15) is 11.5 Å². The molecule has 2 aromatic carbocycles. The van der Waals surface area contributed by atoms with Crippen LogP contribution in [-0.4, -0.2) is 31.9 Å². The van der Waals surface area contributed by atoms with E-state index in [1.54, 1.807) is 6.92 Å². The molecule has 8 nitrogen and oxygen atoms in total. The molecule has 1 heterocycles. The minimum atomic E-state index is -0.798. The molecule has 0 radical (unpaired) electrons. The molecular weight excluding hydrogens is 500 g/mol. The number of amides is 1. The van der Waals surface area contributed by atoms with E-state index >= 15 is 0 Å². The van der Waals surface area contributed by atoms with E-state index in [0.717, 1.165) is 18.4 Å². The van der Waals surface area contributed by atoms with Crippen molar-refractivity contribution in [3.63, 3.8) is 0 Å². The molecule has 3 aromatic rings. The van der Waals surface area contributed by atoms with Crippen LogP contribution in [0.3, 0.4) is 0 Å². The fraction of sp³-hybridized carbons (Fsp3) is 0.483. The van der Waals surface area contributed by atoms with Crippen molar-refractivity contribution in [2.75, 3.05) is 5.32 Å². The Labute approximate surface area is 229 Å². The number of anilines is 1. The highest BCUT2D eigenvalue weighted by molar-refractivity contribution is 7.71. The summed E-state index contributed by atoms with van der Waals surface area (Å²) in [6, 6.07) is 9.27. The SMILES string of the molecule is CCC(Oc1ccc(C(C)(C)CC)cc1C(C)(C)CC)C(=O)Nc1cc(-n2c(=O)[nH][nH]c2=S)c(C)cc1O. The van der Waals surface area contributed by atoms with Gasteiger partial charge in [-0.1, -0.05) is 60.6 Å². The van der Waals surface area contributed by atoms with Crippen LogP contribution in [0.25, 0.3) is 5.69 Å². The molecule has 1 aromatic heterocycles. The molecule has 0 fully saturated rings. The number of nitrogens with zero attached hydrogens (tertiary/aromatic N) is 1. The number of rotatable bonds is 10. The van der Waals surface area contributed by atoms with Gasteiger partial charge in [-0.25, -0.2) is 14.5 Å². The Morgan fingerprint density at radius 2 is 1.74 bits per heavy atom. The smallest absolute Gasteiger partial charge is 0.347 e. The molecule has 9 heteroatoms. The summed E-state index contributed by atoms with van der Waals surface area (Å²) in [5.41, 5.74) is 2.93. The number of hydrogen-bond donors (Lipinski definition) is 4. The second kappa shape index (κ2) is 11.2. The molecule has 0 aliphatic heterocycles. The highest BCUT2D eigenvalue weighted by Crippen LogP contribution is 2.39. The molecule has 0 saturated carbocycles. The number of phenols is 1. The number of aryl methyl sites for hydroxylation is 1. The number of nitrogens with one attached hydrogen (secondary N) is 3. The Morgan fingerprint density at radius 1 is 1.08 bits per heavy atom. The largest absolute Gasteiger partial charge is 0.506 e. The molecule has 1 amide bonds. The van der Waals surface area contributed by atoms with Crippen LogP contribution in [0.5, 0.6) is 11.5 Å². The van der Waals surface area contributed by atoms with E-state index in [1.807, 2.05) is 13.0 Å². The standard InChI is InChI=1S/C29H40N4O4S/c1-9-23(37-24-13-12-18(28(5,6)10-2)15-19(24)29(7,8)11-3)25(35)30-20-16-21(17(4)14-22(20)34)33-26(36)31-32-27(33)38/h12-16,23,34H,9-11H2,1-8H3,(H,30,35)(H,31,36)(H,32,38). The maximum Gasteiger partial charge on any atom is 0.347 e. The number of phenolic OH excluding ortho intramolecular Hbond substituents is 1. The summed E-state index contributed by atoms with van der Waals surface area (Å²) in [6.07, 6.45) is 1.53. The first-order valence-corrected chi connectivity index (χ1v) is 13.5. The van der Waals surface area contributed by atoms with Crippen molar-refractivity contribution in [2.45, 2.75) is 91.6 Å². The number of aromatic hydroxyl groups is 1. The molecule has 0 aliphatic carbocycles. The minimum absolute atomic E-state index is 0.0173. The van der Waals surface area contributed by atoms with Crippen molar-refractivity contribution >= 4 is 23.8 Å². The molecule has 0 spiro atoms. The van der Waals surface area contributed by atoms with Crippen LogP contribution in [0, 0.1) is 11.7 Å². The second-order valence-electron chi connectivity index (χ2n) is 11.0. The number of aromatic nitrogens is 3. The lowest BCUT2D eigenvalue weighted by atomic mass is 9.76. The zero-order valence-corrected chi connectivity index (χ0v) is 24.4. The number of H-pyrrole nitrogens is 2. The normalized spacial score (nSPS) is 12.8. The molecule has 0 saturated heterocycles. The van der Waals surface area contributed by atoms with Gasteiger partial charge in [-0.15, -0.1) is 0 Å². The fourth-order valence-electron chi connectivity index (χ4n) is 4.22. The molecule has 38 heavy (non-hydrogen) atoms. The molecule has 4 N–H and O–H groups in total. The van der Waals surface area contributed by atoms with E-state index in [9.17, 15) is 14.7 Å². The number of hydrogen-bond acceptors (Lipinski definition) is 5. The first kappa shape index (κ1) is 29.2. The van der Waals surface area contributed by atoms with Crippen LogP contribution in [0.4, 0.5) is 5.69 Å². The van der Waals surface area contributed by atoms with Gasteiger partial charge in [-0.05, 0) is 78.6 Å². The summed E-state index contributed by atoms with van der Waals surface area (Å²) in [7, 11) is 0. The van der Waals surface area contributed by atoms with Crippen molar-refractivity contribution in [1.82, 2.24) is 14.8 Å². The maximum atomic E-state index is 13.4. The van der Waals surface area contributed by atoms with E-state index < -0.39 is 17.7 Å². The fourth-order valence-corrected chi connectivity index (χ4v) is 4.45. The Hall–Kier alpha value is -3.33. The minimum Gasteiger partial charge on any atom is -0.506 e. The third-order valence-corrected chi connectivity index (χ3v) is 7.97. The van der Waals surface area contributed by atoms with Gasteiger partial charge in [0.05, 0.1) is 11.4 Å². The summed E-state index contributed by atoms with van der Waals surface area (Å²) in [5.74, 6) is 0.155. The van der Waals surface area contributed by atoms with E-state index in [4.69, 9.17) is 17.0 Å². The van der Waals surface area contributed by atoms with Crippen LogP contribution >= 0.6 is 12.2 Å². The van der Waals surface area contributed by atoms with Crippen LogP contribution in [0.2, 0.25) is 0 Å². The predicted molar refractivity (Wildman–Crippen MR) is 154 cm³/mol. The van der Waals surface area contributed by atoms with Crippen LogP contribution < -0.4 is 15.7 Å². The average molecular weight is 541 g/mol. The Balaban J connectivity index is 1.96. The van der Waals surface area contributed by atoms with Crippen LogP contribution in [0.1, 0.15) is 84.4 Å². The van der Waals surface area contributed by atoms with Gasteiger partial charge in [-0.2, -0.15) is 0 Å². The highest BCUT2D eigenvalue weighted by Gasteiger charge is 2.29. The second-order valence-corrected chi connectivity index (χ2v) is 11.4. The van der Waals surface area contributed by atoms with Crippen LogP contribution in [-0.2, 0) is 15.6 Å². The van der Waals surface area contributed by atoms with Gasteiger partial charge in [0.2, 0.25) is 4.77 Å². The zero-order valence-electron chi connectivity index (χ0n) is 23.6. The summed E-state index contributed by atoms with van der Waals surface area (Å²) in [6.45, 7) is 16.8. The molecule has 1 unspecified atom stereocenters. The summed E-state index contributed by atoms with van der Waals surface area (Å²) in [5, 5.41) is 18.4. The van der Waals surface area contributed by atoms with Gasteiger partial charge in [0.15, 0.2) is 6.10 Å². The summed E-state index contributed by atoms with van der Waals surface area (Å²) < 4.78 is 7.79. The van der Waals surface area contributed by atoms with Gasteiger partial charge in [-0.3, -0.25) is 9.89 Å². The molecule has 206 valence electrons. The van der Waals surface area contributed by atoms with Crippen molar-refractivity contribution in [1.29, 1.82) is 0 Å². The average Bonchev–Trinajstić information content (AvgIpc) is 3.21. The Kier molecular flexibility index (Phi) is 8.61. The summed E-state index contributed by atoms with van der Waals surface area (Å²) >= 11 is 5.21. The van der Waals surface area contributed by atoms with Gasteiger partial charge < -0.3 is 15.2 Å². The van der Waals surface area contributed by atoms with Gasteiger partial charge in [0, 0.05) is 5.56 Å². The van der Waals surface area contributed by atoms with E-state index in [1.165, 1.54) is 22.3 Å². The van der Waals surface area contributed by atoms with Crippen molar-refractivity contribution in [2.24, 2.45) is 0 Å². The number of ether oxygens (including phenoxy) is 1. The maximum absolute atomic E-state index is 13.4. The van der Waals surface area contributed by atoms with Crippen LogP contribution in [0.15, 0.2) is 35.1 Å². The lowest BCUT2D eigenvalue weighted by Gasteiger charge is -2.31. The summed E-state index contributed by atoms with van der Waals surface area (Å²) in [4.78, 5) is 25.6. The lowest BCUT2D eigenvalue weighted by Crippen LogP contribution is -2.33. The van der Waals surface area contributed by atoms with E-state index in [2.05, 4.69) is 69.2 Å². The first-order valence-electron chi connectivity index (χ1n) is 13.1. The lowest BCUT2D eigenvalue weighted by molar-refractivity contribution is -0.122. The Bertz CT molecular complexity index is 1400. The highest BCUT2D eigenvalue weighted by atomic mass is 32.1. The van der Waals surface area contributed by atoms with Crippen molar-refractivity contribution < 1.29 is 14.6 Å². The zero-order chi connectivity index (χ0) is 28.4. The molecular formula is C29H40N4O4S. The number of benzene rings is 2. The van der Waals surface area contributed by atoms with Crippen molar-refractivity contribution in [3.05, 3.63) is 62.3 Å². The topological polar surface area (TPSA) is 112 Å². The molecule has 0 bridgehead atoms. The number of carbonyl (C=O) groups excluding carboxylic acids is 1. The number of carbonyl (C=O) groups is 1. The van der Waals surface area contributed by atoms with Crippen molar-refractivity contribution in [3.8, 4) is 17.2 Å². The van der Waals surface area contributed by atoms with Gasteiger partial charge >= 0.3 is 5.69 Å². The first-order chi connectivity index (χ1) is 17.7. The molecule has 1 atom stereocenters. The monoisotopic (exact) mass is 540 g/mol. The van der Waals surface area contributed by atoms with E-state index in [0.29, 0.717) is 23.4 Å². The predicted octanol–water partition coefficient (Wildman–Crippen LogP) is 6.41.